The molecule has 0 aliphatic rings. The van der Waals surface area contributed by atoms with Crippen molar-refractivity contribution in [3.05, 3.63) is 61.1 Å². The number of hydrogen-bond acceptors (Lipinski definition) is 6. The van der Waals surface area contributed by atoms with Crippen molar-refractivity contribution in [2.75, 3.05) is 26.6 Å². The molecular weight excluding hydrogens is 356 g/mol. The zero-order valence-corrected chi connectivity index (χ0v) is 15.8. The van der Waals surface area contributed by atoms with Gasteiger partial charge in [-0.15, -0.1) is 0 Å². The molecule has 1 N–H and O–H groups in total. The Labute approximate surface area is 162 Å². The van der Waals surface area contributed by atoms with Crippen LogP contribution < -0.4 is 19.5 Å². The van der Waals surface area contributed by atoms with E-state index in [1.54, 1.807) is 33.7 Å². The lowest BCUT2D eigenvalue weighted by Crippen LogP contribution is -1.97. The summed E-state index contributed by atoms with van der Waals surface area (Å²) in [5.74, 6) is 2.94. The van der Waals surface area contributed by atoms with Gasteiger partial charge in [0.05, 0.1) is 27.5 Å². The molecule has 2 aromatic carbocycles. The average Bonchev–Trinajstić information content (AvgIpc) is 3.12. The van der Waals surface area contributed by atoms with Crippen LogP contribution in [-0.2, 0) is 0 Å². The number of imidazole rings is 1. The molecule has 7 heteroatoms. The number of rotatable bonds is 6. The van der Waals surface area contributed by atoms with Gasteiger partial charge in [-0.25, -0.2) is 4.98 Å². The van der Waals surface area contributed by atoms with Crippen molar-refractivity contribution in [3.63, 3.8) is 0 Å². The zero-order valence-electron chi connectivity index (χ0n) is 15.8. The Balaban J connectivity index is 1.83. The molecule has 0 unspecified atom stereocenters. The van der Waals surface area contributed by atoms with E-state index in [0.29, 0.717) is 11.5 Å². The summed E-state index contributed by atoms with van der Waals surface area (Å²) in [5, 5.41) is 3.46. The molecule has 0 saturated carbocycles. The molecule has 0 amide bonds. The number of aromatic nitrogens is 3. The van der Waals surface area contributed by atoms with Crippen LogP contribution in [0.1, 0.15) is 0 Å². The van der Waals surface area contributed by atoms with Crippen LogP contribution in [0.25, 0.3) is 16.9 Å². The first-order valence-corrected chi connectivity index (χ1v) is 8.69. The zero-order chi connectivity index (χ0) is 19.5. The van der Waals surface area contributed by atoms with Gasteiger partial charge < -0.3 is 19.5 Å². The third-order valence-electron chi connectivity index (χ3n) is 4.44. The summed E-state index contributed by atoms with van der Waals surface area (Å²) in [7, 11) is 4.88. The Morgan fingerprint density at radius 1 is 0.893 bits per heavy atom. The van der Waals surface area contributed by atoms with Gasteiger partial charge in [-0.2, -0.15) is 0 Å². The van der Waals surface area contributed by atoms with Crippen molar-refractivity contribution in [1.82, 2.24) is 14.4 Å². The lowest BCUT2D eigenvalue weighted by molar-refractivity contribution is 0.355. The Hall–Kier alpha value is -3.74. The highest BCUT2D eigenvalue weighted by Gasteiger charge is 2.16. The van der Waals surface area contributed by atoms with Crippen molar-refractivity contribution >= 4 is 17.2 Å². The van der Waals surface area contributed by atoms with E-state index < -0.39 is 0 Å². The van der Waals surface area contributed by atoms with Gasteiger partial charge in [-0.05, 0) is 42.5 Å². The van der Waals surface area contributed by atoms with E-state index in [9.17, 15) is 0 Å². The molecule has 4 aromatic rings. The first-order valence-electron chi connectivity index (χ1n) is 8.69. The number of methoxy groups -OCH3 is 3. The number of ether oxygens (including phenoxy) is 3. The maximum atomic E-state index is 5.45. The Bertz CT molecular complexity index is 1110. The van der Waals surface area contributed by atoms with Crippen molar-refractivity contribution in [1.29, 1.82) is 0 Å². The Kier molecular flexibility index (Phi) is 4.72. The molecule has 0 aliphatic heterocycles. The molecule has 0 saturated heterocycles. The lowest BCUT2D eigenvalue weighted by Gasteiger charge is -2.11. The first kappa shape index (κ1) is 17.7. The highest BCUT2D eigenvalue weighted by molar-refractivity contribution is 5.80. The maximum Gasteiger partial charge on any atom is 0.161 e. The standard InChI is InChI=1S/C21H20N4O3/c1-26-16-7-5-15(6-8-16)23-21-20(24-19-13-22-10-11-25(19)21)14-4-9-17(27-2)18(12-14)28-3/h4-13,23H,1-3H3. The monoisotopic (exact) mass is 376 g/mol. The molecular formula is C21H20N4O3. The number of nitrogens with one attached hydrogen (secondary N) is 1. The van der Waals surface area contributed by atoms with Gasteiger partial charge in [0.1, 0.15) is 17.3 Å². The fourth-order valence-electron chi connectivity index (χ4n) is 3.02. The van der Waals surface area contributed by atoms with Crippen molar-refractivity contribution in [3.8, 4) is 28.5 Å². The minimum Gasteiger partial charge on any atom is -0.497 e. The molecule has 2 heterocycles. The molecule has 0 spiro atoms. The normalized spacial score (nSPS) is 10.7. The second-order valence-corrected chi connectivity index (χ2v) is 6.04. The summed E-state index contributed by atoms with van der Waals surface area (Å²) in [6.07, 6.45) is 5.33. The number of benzene rings is 2. The second kappa shape index (κ2) is 7.48. The SMILES string of the molecule is COc1ccc(Nc2c(-c3ccc(OC)c(OC)c3)nc3cnccn23)cc1. The van der Waals surface area contributed by atoms with Crippen molar-refractivity contribution in [2.24, 2.45) is 0 Å². The van der Waals surface area contributed by atoms with Crippen LogP contribution in [0.2, 0.25) is 0 Å². The second-order valence-electron chi connectivity index (χ2n) is 6.04. The van der Waals surface area contributed by atoms with E-state index in [1.165, 1.54) is 0 Å². The summed E-state index contributed by atoms with van der Waals surface area (Å²) < 4.78 is 18.0. The van der Waals surface area contributed by atoms with E-state index in [0.717, 1.165) is 34.2 Å². The number of anilines is 2. The van der Waals surface area contributed by atoms with Gasteiger partial charge in [0.2, 0.25) is 0 Å². The maximum absolute atomic E-state index is 5.45. The van der Waals surface area contributed by atoms with Crippen LogP contribution in [0, 0.1) is 0 Å². The molecule has 2 aromatic heterocycles. The number of hydrogen-bond donors (Lipinski definition) is 1. The number of nitrogens with zero attached hydrogens (tertiary/aromatic N) is 3. The van der Waals surface area contributed by atoms with Crippen molar-refractivity contribution < 1.29 is 14.2 Å². The summed E-state index contributed by atoms with van der Waals surface area (Å²) in [4.78, 5) is 8.94. The molecule has 0 aliphatic carbocycles. The molecule has 0 atom stereocenters. The van der Waals surface area contributed by atoms with Crippen LogP contribution in [0.4, 0.5) is 11.5 Å². The van der Waals surface area contributed by atoms with Crippen LogP contribution >= 0.6 is 0 Å². The van der Waals surface area contributed by atoms with Crippen LogP contribution in [0.3, 0.4) is 0 Å². The average molecular weight is 376 g/mol. The fourth-order valence-corrected chi connectivity index (χ4v) is 3.02. The topological polar surface area (TPSA) is 69.9 Å². The fraction of sp³-hybridized carbons (Fsp3) is 0.143. The van der Waals surface area contributed by atoms with Gasteiger partial charge in [0.25, 0.3) is 0 Å². The minimum atomic E-state index is 0.644. The Morgan fingerprint density at radius 3 is 2.39 bits per heavy atom. The summed E-state index contributed by atoms with van der Waals surface area (Å²) in [5.41, 5.74) is 3.34. The first-order chi connectivity index (χ1) is 13.7. The van der Waals surface area contributed by atoms with E-state index in [2.05, 4.69) is 10.3 Å². The van der Waals surface area contributed by atoms with E-state index in [-0.39, 0.29) is 0 Å². The predicted octanol–water partition coefficient (Wildman–Crippen LogP) is 4.17. The van der Waals surface area contributed by atoms with Crippen LogP contribution in [-0.4, -0.2) is 35.7 Å². The molecule has 4 rings (SSSR count). The van der Waals surface area contributed by atoms with Crippen LogP contribution in [0.15, 0.2) is 61.1 Å². The smallest absolute Gasteiger partial charge is 0.161 e. The summed E-state index contributed by atoms with van der Waals surface area (Å²) in [6, 6.07) is 13.5. The molecule has 0 radical (unpaired) electrons. The van der Waals surface area contributed by atoms with Gasteiger partial charge in [-0.1, -0.05) is 0 Å². The van der Waals surface area contributed by atoms with E-state index >= 15 is 0 Å². The summed E-state index contributed by atoms with van der Waals surface area (Å²) in [6.45, 7) is 0. The van der Waals surface area contributed by atoms with Gasteiger partial charge in [-0.3, -0.25) is 9.38 Å². The molecule has 7 nitrogen and oxygen atoms in total. The molecule has 0 bridgehead atoms. The Morgan fingerprint density at radius 2 is 1.68 bits per heavy atom. The van der Waals surface area contributed by atoms with E-state index in [1.807, 2.05) is 53.1 Å². The third kappa shape index (κ3) is 3.18. The predicted molar refractivity (Wildman–Crippen MR) is 108 cm³/mol. The molecule has 142 valence electrons. The lowest BCUT2D eigenvalue weighted by atomic mass is 10.1. The van der Waals surface area contributed by atoms with Gasteiger partial charge >= 0.3 is 0 Å². The highest BCUT2D eigenvalue weighted by Crippen LogP contribution is 2.36. The largest absolute Gasteiger partial charge is 0.497 e. The number of fused-ring (bicyclic) bond motifs is 1. The third-order valence-corrected chi connectivity index (χ3v) is 4.44. The summed E-state index contributed by atoms with van der Waals surface area (Å²) >= 11 is 0. The molecule has 28 heavy (non-hydrogen) atoms. The van der Waals surface area contributed by atoms with E-state index in [4.69, 9.17) is 19.2 Å². The minimum absolute atomic E-state index is 0.644. The molecule has 0 fully saturated rings. The van der Waals surface area contributed by atoms with Gasteiger partial charge in [0, 0.05) is 23.6 Å². The van der Waals surface area contributed by atoms with Crippen LogP contribution in [0.5, 0.6) is 17.2 Å². The van der Waals surface area contributed by atoms with Gasteiger partial charge in [0.15, 0.2) is 17.1 Å². The quantitative estimate of drug-likeness (QED) is 0.545. The van der Waals surface area contributed by atoms with Crippen molar-refractivity contribution in [2.45, 2.75) is 0 Å². The highest BCUT2D eigenvalue weighted by atomic mass is 16.5.